The zero-order chi connectivity index (χ0) is 20.9. The fraction of sp³-hybridized carbons (Fsp3) is 0.897. The summed E-state index contributed by atoms with van der Waals surface area (Å²) in [6.07, 6.45) is 24.3. The van der Waals surface area contributed by atoms with Crippen molar-refractivity contribution in [2.75, 3.05) is 0 Å². The molecule has 0 aromatic carbocycles. The third kappa shape index (κ3) is 3.55. The molecule has 0 radical (unpaired) electrons. The number of fused-ring (bicyclic) bond motifs is 2. The van der Waals surface area contributed by atoms with Crippen LogP contribution in [0.4, 0.5) is 0 Å². The van der Waals surface area contributed by atoms with E-state index in [-0.39, 0.29) is 5.92 Å². The molecule has 5 aliphatic carbocycles. The van der Waals surface area contributed by atoms with Crippen LogP contribution in [0.1, 0.15) is 111 Å². The standard InChI is InChI=1S/C29H46O/c1-20-14-25-18-29(25,17-20)24(15-22-8-5-4-6-9-22)16-23-10-7-13-28(3)26(21(2)19-30)11-12-27(23)28/h16,19-22,24-27H,4-15,17-18H2,1-3H3. The Bertz CT molecular complexity index is 672. The van der Waals surface area contributed by atoms with E-state index in [1.54, 1.807) is 0 Å². The number of hydrogen-bond donors (Lipinski definition) is 0. The fourth-order valence-corrected chi connectivity index (χ4v) is 9.54. The smallest absolute Gasteiger partial charge is 0.123 e. The molecule has 5 aliphatic rings. The molecular weight excluding hydrogens is 364 g/mol. The van der Waals surface area contributed by atoms with Crippen LogP contribution in [-0.4, -0.2) is 6.29 Å². The first-order valence-electron chi connectivity index (χ1n) is 13.6. The second kappa shape index (κ2) is 8.08. The highest BCUT2D eigenvalue weighted by Gasteiger charge is 2.62. The summed E-state index contributed by atoms with van der Waals surface area (Å²) in [5, 5.41) is 0. The topological polar surface area (TPSA) is 17.1 Å². The third-order valence-corrected chi connectivity index (χ3v) is 11.0. The van der Waals surface area contributed by atoms with Crippen LogP contribution in [0.5, 0.6) is 0 Å². The van der Waals surface area contributed by atoms with Crippen molar-refractivity contribution in [3.63, 3.8) is 0 Å². The predicted octanol–water partition coefficient (Wildman–Crippen LogP) is 7.99. The molecule has 0 N–H and O–H groups in total. The molecule has 0 spiro atoms. The molecule has 8 unspecified atom stereocenters. The van der Waals surface area contributed by atoms with Crippen molar-refractivity contribution >= 4 is 6.29 Å². The van der Waals surface area contributed by atoms with Crippen LogP contribution in [0.3, 0.4) is 0 Å². The number of aldehydes is 1. The molecule has 30 heavy (non-hydrogen) atoms. The first-order chi connectivity index (χ1) is 14.5. The van der Waals surface area contributed by atoms with Gasteiger partial charge in [-0.2, -0.15) is 0 Å². The van der Waals surface area contributed by atoms with Crippen LogP contribution >= 0.6 is 0 Å². The van der Waals surface area contributed by atoms with Gasteiger partial charge in [0.1, 0.15) is 6.29 Å². The van der Waals surface area contributed by atoms with Crippen molar-refractivity contribution in [2.24, 2.45) is 52.3 Å². The molecule has 0 saturated heterocycles. The molecule has 0 aromatic rings. The van der Waals surface area contributed by atoms with Crippen molar-refractivity contribution in [1.82, 2.24) is 0 Å². The monoisotopic (exact) mass is 410 g/mol. The zero-order valence-corrected chi connectivity index (χ0v) is 20.0. The summed E-state index contributed by atoms with van der Waals surface area (Å²) in [5.74, 6) is 5.46. The summed E-state index contributed by atoms with van der Waals surface area (Å²) < 4.78 is 0. The van der Waals surface area contributed by atoms with Gasteiger partial charge in [0.2, 0.25) is 0 Å². The molecule has 0 aromatic heterocycles. The van der Waals surface area contributed by atoms with Crippen molar-refractivity contribution in [1.29, 1.82) is 0 Å². The van der Waals surface area contributed by atoms with E-state index < -0.39 is 0 Å². The first kappa shape index (κ1) is 21.3. The maximum atomic E-state index is 11.6. The van der Waals surface area contributed by atoms with Crippen LogP contribution < -0.4 is 0 Å². The number of hydrogen-bond acceptors (Lipinski definition) is 1. The average Bonchev–Trinajstić information content (AvgIpc) is 3.12. The number of carbonyl (C=O) groups is 1. The molecule has 0 aliphatic heterocycles. The number of carbonyl (C=O) groups excluding carboxylic acids is 1. The van der Waals surface area contributed by atoms with E-state index in [2.05, 4.69) is 26.8 Å². The highest BCUT2D eigenvalue weighted by molar-refractivity contribution is 5.54. The summed E-state index contributed by atoms with van der Waals surface area (Å²) >= 11 is 0. The van der Waals surface area contributed by atoms with Gasteiger partial charge >= 0.3 is 0 Å². The zero-order valence-electron chi connectivity index (χ0n) is 20.0. The molecule has 1 nitrogen and oxygen atoms in total. The van der Waals surface area contributed by atoms with Gasteiger partial charge < -0.3 is 4.79 Å². The van der Waals surface area contributed by atoms with E-state index >= 15 is 0 Å². The van der Waals surface area contributed by atoms with Gasteiger partial charge in [0.15, 0.2) is 0 Å². The van der Waals surface area contributed by atoms with Gasteiger partial charge in [0.25, 0.3) is 0 Å². The lowest BCUT2D eigenvalue weighted by molar-refractivity contribution is -0.113. The van der Waals surface area contributed by atoms with Gasteiger partial charge in [0, 0.05) is 5.92 Å². The Morgan fingerprint density at radius 1 is 1.07 bits per heavy atom. The van der Waals surface area contributed by atoms with Crippen molar-refractivity contribution in [3.05, 3.63) is 11.6 Å². The van der Waals surface area contributed by atoms with Gasteiger partial charge in [0.05, 0.1) is 0 Å². The lowest BCUT2D eigenvalue weighted by Crippen LogP contribution is -2.36. The van der Waals surface area contributed by atoms with Crippen LogP contribution in [0, 0.1) is 52.3 Å². The maximum Gasteiger partial charge on any atom is 0.123 e. The summed E-state index contributed by atoms with van der Waals surface area (Å²) in [6, 6.07) is 0. The average molecular weight is 411 g/mol. The summed E-state index contributed by atoms with van der Waals surface area (Å²) in [7, 11) is 0. The van der Waals surface area contributed by atoms with Gasteiger partial charge in [-0.25, -0.2) is 0 Å². The largest absolute Gasteiger partial charge is 0.303 e. The van der Waals surface area contributed by atoms with Crippen LogP contribution in [0.15, 0.2) is 11.6 Å². The number of rotatable bonds is 6. The van der Waals surface area contributed by atoms with E-state index in [1.807, 2.05) is 5.57 Å². The first-order valence-corrected chi connectivity index (χ1v) is 13.6. The molecule has 168 valence electrons. The van der Waals surface area contributed by atoms with Crippen molar-refractivity contribution < 1.29 is 4.79 Å². The summed E-state index contributed by atoms with van der Waals surface area (Å²) in [6.45, 7) is 7.25. The van der Waals surface area contributed by atoms with E-state index in [0.29, 0.717) is 16.7 Å². The Hall–Kier alpha value is -0.590. The molecular formula is C29H46O. The highest BCUT2D eigenvalue weighted by atomic mass is 16.1. The molecule has 5 fully saturated rings. The Labute approximate surface area is 185 Å². The van der Waals surface area contributed by atoms with Crippen LogP contribution in [-0.2, 0) is 4.79 Å². The fourth-order valence-electron chi connectivity index (χ4n) is 9.54. The minimum absolute atomic E-state index is 0.236. The SMILES string of the molecule is CC1CC2CC2(C(C=C2CCCC3(C)C2CCC3C(C)C=O)CC2CCCCC2)C1. The normalized spacial score (nSPS) is 47.0. The third-order valence-electron chi connectivity index (χ3n) is 11.0. The Balaban J connectivity index is 1.41. The predicted molar refractivity (Wildman–Crippen MR) is 125 cm³/mol. The van der Waals surface area contributed by atoms with Gasteiger partial charge in [-0.15, -0.1) is 0 Å². The van der Waals surface area contributed by atoms with Crippen LogP contribution in [0.25, 0.3) is 0 Å². The molecule has 0 bridgehead atoms. The van der Waals surface area contributed by atoms with E-state index in [9.17, 15) is 4.79 Å². The Morgan fingerprint density at radius 2 is 1.87 bits per heavy atom. The minimum Gasteiger partial charge on any atom is -0.303 e. The van der Waals surface area contributed by atoms with E-state index in [0.717, 1.165) is 29.6 Å². The van der Waals surface area contributed by atoms with E-state index in [4.69, 9.17) is 0 Å². The van der Waals surface area contributed by atoms with Crippen LogP contribution in [0.2, 0.25) is 0 Å². The quantitative estimate of drug-likeness (QED) is 0.320. The summed E-state index contributed by atoms with van der Waals surface area (Å²) in [5.41, 5.74) is 2.90. The molecule has 0 amide bonds. The molecule has 8 atom stereocenters. The van der Waals surface area contributed by atoms with Gasteiger partial charge in [-0.3, -0.25) is 0 Å². The number of allylic oxidation sites excluding steroid dienone is 2. The Morgan fingerprint density at radius 3 is 2.57 bits per heavy atom. The Kier molecular flexibility index (Phi) is 5.72. The summed E-state index contributed by atoms with van der Waals surface area (Å²) in [4.78, 5) is 11.6. The lowest BCUT2D eigenvalue weighted by Gasteiger charge is -2.44. The van der Waals surface area contributed by atoms with E-state index in [1.165, 1.54) is 96.2 Å². The molecule has 5 rings (SSSR count). The second-order valence-electron chi connectivity index (χ2n) is 12.9. The minimum atomic E-state index is 0.236. The lowest BCUT2D eigenvalue weighted by atomic mass is 9.60. The maximum absolute atomic E-state index is 11.6. The molecule has 1 heteroatoms. The molecule has 0 heterocycles. The van der Waals surface area contributed by atoms with Gasteiger partial charge in [-0.05, 0) is 104 Å². The highest BCUT2D eigenvalue weighted by Crippen LogP contribution is 2.71. The van der Waals surface area contributed by atoms with Crippen molar-refractivity contribution in [3.8, 4) is 0 Å². The van der Waals surface area contributed by atoms with Gasteiger partial charge in [-0.1, -0.05) is 64.5 Å². The molecule has 5 saturated carbocycles. The second-order valence-corrected chi connectivity index (χ2v) is 12.9. The van der Waals surface area contributed by atoms with Crippen molar-refractivity contribution in [2.45, 2.75) is 111 Å².